The number of carboxylic acid groups (broad SMARTS) is 1. The first-order valence-electron chi connectivity index (χ1n) is 13.8. The number of aromatic nitrogens is 1. The number of hydrogen-bond donors (Lipinski definition) is 4. The van der Waals surface area contributed by atoms with Crippen molar-refractivity contribution in [2.24, 2.45) is 0 Å². The number of aliphatic hydroxyl groups is 2. The zero-order valence-electron chi connectivity index (χ0n) is 23.4. The average Bonchev–Trinajstić information content (AvgIpc) is 3.28. The Hall–Kier alpha value is -3.08. The number of rotatable bonds is 12. The van der Waals surface area contributed by atoms with E-state index in [1.807, 2.05) is 24.5 Å². The van der Waals surface area contributed by atoms with Crippen LogP contribution in [0.3, 0.4) is 0 Å². The van der Waals surface area contributed by atoms with Gasteiger partial charge in [0, 0.05) is 23.5 Å². The molecule has 0 spiro atoms. The number of carboxylic acids is 1. The SMILES string of the molecule is CC(C)c1c(C(=O)Nc2ccccc2)c(-c2ccc(F)cc2)c(-c2ccc(F)cc2)n1CC[C@@H](O)C[C@@H](O)CC(=O)O.[CaH2]. The fraction of sp³-hybridized carbons (Fsp3) is 0.273. The Labute approximate surface area is 279 Å². The molecule has 0 bridgehead atoms. The van der Waals surface area contributed by atoms with Crippen LogP contribution < -0.4 is 5.32 Å². The van der Waals surface area contributed by atoms with E-state index in [2.05, 4.69) is 5.32 Å². The van der Waals surface area contributed by atoms with Crippen molar-refractivity contribution >= 4 is 55.3 Å². The molecule has 0 aliphatic carbocycles. The molecular weight excluding hydrogens is 582 g/mol. The molecule has 4 rings (SSSR count). The molecule has 4 aromatic rings. The van der Waals surface area contributed by atoms with Gasteiger partial charge in [-0.15, -0.1) is 0 Å². The number of nitrogens with zero attached hydrogens (tertiary/aromatic N) is 1. The standard InChI is InChI=1S/C33H34F2N2O5.Ca.2H/c1-20(2)31-30(33(42)36-25-6-4-3-5-7-25)29(21-8-12-23(34)13-9-21)32(22-10-14-24(35)15-11-22)37(31)17-16-26(38)18-27(39)19-28(40)41;;;/h3-15,20,26-27,38-39H,16-19H2,1-2H3,(H,36,42)(H,40,41);;;/t26-,27-;;;/m1.../s1. The average molecular weight is 619 g/mol. The minimum atomic E-state index is -1.22. The van der Waals surface area contributed by atoms with Gasteiger partial charge in [0.15, 0.2) is 0 Å². The van der Waals surface area contributed by atoms with Crippen molar-refractivity contribution in [3.05, 3.63) is 102 Å². The fourth-order valence-corrected chi connectivity index (χ4v) is 5.21. The molecule has 2 atom stereocenters. The van der Waals surface area contributed by atoms with E-state index in [9.17, 15) is 28.6 Å². The second-order valence-electron chi connectivity index (χ2n) is 10.6. The summed E-state index contributed by atoms with van der Waals surface area (Å²) in [6.45, 7) is 4.07. The normalized spacial score (nSPS) is 12.4. The summed E-state index contributed by atoms with van der Waals surface area (Å²) in [5.74, 6) is -2.62. The van der Waals surface area contributed by atoms with Gasteiger partial charge in [-0.25, -0.2) is 8.78 Å². The minimum absolute atomic E-state index is 0. The maximum absolute atomic E-state index is 14.0. The van der Waals surface area contributed by atoms with E-state index in [-0.39, 0.29) is 68.9 Å². The fourth-order valence-electron chi connectivity index (χ4n) is 5.21. The molecule has 1 amide bonds. The van der Waals surface area contributed by atoms with Crippen molar-refractivity contribution < 1.29 is 33.7 Å². The second-order valence-corrected chi connectivity index (χ2v) is 10.6. The number of halogens is 2. The Morgan fingerprint density at radius 3 is 1.93 bits per heavy atom. The van der Waals surface area contributed by atoms with Crippen LogP contribution in [-0.2, 0) is 11.3 Å². The maximum atomic E-state index is 14.0. The summed E-state index contributed by atoms with van der Waals surface area (Å²) in [5, 5.41) is 32.7. The third kappa shape index (κ3) is 8.74. The molecule has 0 radical (unpaired) electrons. The van der Waals surface area contributed by atoms with Crippen LogP contribution in [-0.4, -0.2) is 81.7 Å². The number of carbonyl (C=O) groups is 2. The van der Waals surface area contributed by atoms with Crippen LogP contribution in [0.4, 0.5) is 14.5 Å². The molecule has 1 aromatic heterocycles. The molecular formula is C33H36CaF2N2O5. The number of hydrogen-bond acceptors (Lipinski definition) is 4. The van der Waals surface area contributed by atoms with Crippen LogP contribution in [0.15, 0.2) is 78.9 Å². The first-order chi connectivity index (χ1) is 20.0. The number of carbonyl (C=O) groups excluding carboxylic acids is 1. The van der Waals surface area contributed by atoms with Crippen LogP contribution in [0, 0.1) is 11.6 Å². The summed E-state index contributed by atoms with van der Waals surface area (Å²) in [7, 11) is 0. The summed E-state index contributed by atoms with van der Waals surface area (Å²) in [4.78, 5) is 25.0. The molecule has 0 aliphatic heterocycles. The second kappa shape index (κ2) is 15.6. The van der Waals surface area contributed by atoms with Gasteiger partial charge in [-0.05, 0) is 78.4 Å². The topological polar surface area (TPSA) is 112 Å². The Kier molecular flexibility index (Phi) is 12.5. The number of aliphatic hydroxyl groups excluding tert-OH is 2. The van der Waals surface area contributed by atoms with Gasteiger partial charge in [0.1, 0.15) is 11.6 Å². The number of benzene rings is 3. The van der Waals surface area contributed by atoms with E-state index in [4.69, 9.17) is 5.11 Å². The van der Waals surface area contributed by atoms with Gasteiger partial charge in [-0.3, -0.25) is 9.59 Å². The zero-order valence-corrected chi connectivity index (χ0v) is 23.4. The predicted octanol–water partition coefficient (Wildman–Crippen LogP) is 5.54. The number of aliphatic carboxylic acids is 1. The quantitative estimate of drug-likeness (QED) is 0.156. The number of para-hydroxylation sites is 1. The predicted molar refractivity (Wildman–Crippen MR) is 166 cm³/mol. The van der Waals surface area contributed by atoms with Gasteiger partial charge >= 0.3 is 43.7 Å². The van der Waals surface area contributed by atoms with Crippen molar-refractivity contribution in [3.63, 3.8) is 0 Å². The monoisotopic (exact) mass is 618 g/mol. The summed E-state index contributed by atoms with van der Waals surface area (Å²) in [6.07, 6.45) is -2.73. The molecule has 0 unspecified atom stereocenters. The number of amides is 1. The van der Waals surface area contributed by atoms with E-state index < -0.39 is 36.2 Å². The molecule has 0 aliphatic rings. The molecule has 224 valence electrons. The number of anilines is 1. The van der Waals surface area contributed by atoms with Gasteiger partial charge in [-0.1, -0.05) is 44.2 Å². The van der Waals surface area contributed by atoms with Crippen LogP contribution in [0.5, 0.6) is 0 Å². The summed E-state index contributed by atoms with van der Waals surface area (Å²) < 4.78 is 29.9. The van der Waals surface area contributed by atoms with E-state index in [1.54, 1.807) is 48.5 Å². The molecule has 0 fully saturated rings. The first-order valence-corrected chi connectivity index (χ1v) is 13.8. The van der Waals surface area contributed by atoms with Crippen molar-refractivity contribution in [1.29, 1.82) is 0 Å². The van der Waals surface area contributed by atoms with E-state index in [0.717, 1.165) is 0 Å². The van der Waals surface area contributed by atoms with E-state index in [1.165, 1.54) is 24.3 Å². The molecule has 0 saturated heterocycles. The molecule has 43 heavy (non-hydrogen) atoms. The van der Waals surface area contributed by atoms with Crippen LogP contribution >= 0.6 is 0 Å². The summed E-state index contributed by atoms with van der Waals surface area (Å²) >= 11 is 0. The van der Waals surface area contributed by atoms with Gasteiger partial charge in [0.05, 0.1) is 29.9 Å². The first kappa shape index (κ1) is 34.4. The van der Waals surface area contributed by atoms with Gasteiger partial charge in [0.25, 0.3) is 5.91 Å². The Morgan fingerprint density at radius 1 is 0.837 bits per heavy atom. The third-order valence-electron chi connectivity index (χ3n) is 7.00. The van der Waals surface area contributed by atoms with Crippen LogP contribution in [0.1, 0.15) is 55.1 Å². The summed E-state index contributed by atoms with van der Waals surface area (Å²) in [5.41, 5.74) is 3.89. The zero-order chi connectivity index (χ0) is 30.4. The molecule has 10 heteroatoms. The third-order valence-corrected chi connectivity index (χ3v) is 7.00. The van der Waals surface area contributed by atoms with Gasteiger partial charge in [-0.2, -0.15) is 0 Å². The molecule has 1 heterocycles. The van der Waals surface area contributed by atoms with Crippen molar-refractivity contribution in [2.45, 2.75) is 57.8 Å². The van der Waals surface area contributed by atoms with Crippen LogP contribution in [0.2, 0.25) is 0 Å². The molecule has 7 nitrogen and oxygen atoms in total. The Morgan fingerprint density at radius 2 is 1.40 bits per heavy atom. The van der Waals surface area contributed by atoms with E-state index in [0.29, 0.717) is 39.3 Å². The molecule has 3 aromatic carbocycles. The Bertz CT molecular complexity index is 1520. The van der Waals surface area contributed by atoms with E-state index >= 15 is 0 Å². The molecule has 4 N–H and O–H groups in total. The van der Waals surface area contributed by atoms with Crippen molar-refractivity contribution in [2.75, 3.05) is 5.32 Å². The Balaban J connectivity index is 0.00000506. The van der Waals surface area contributed by atoms with Gasteiger partial charge < -0.3 is 25.2 Å². The van der Waals surface area contributed by atoms with Crippen molar-refractivity contribution in [3.8, 4) is 22.4 Å². The number of nitrogens with one attached hydrogen (secondary N) is 1. The summed E-state index contributed by atoms with van der Waals surface area (Å²) in [6, 6.07) is 20.6. The molecule has 0 saturated carbocycles. The van der Waals surface area contributed by atoms with Crippen LogP contribution in [0.25, 0.3) is 22.4 Å². The van der Waals surface area contributed by atoms with Crippen molar-refractivity contribution in [1.82, 2.24) is 4.57 Å². The van der Waals surface area contributed by atoms with Gasteiger partial charge in [0.2, 0.25) is 0 Å².